The van der Waals surface area contributed by atoms with Crippen LogP contribution in [0.25, 0.3) is 11.3 Å². The van der Waals surface area contributed by atoms with Crippen LogP contribution in [0.3, 0.4) is 0 Å². The molecule has 1 aromatic heterocycles. The molecule has 1 unspecified atom stereocenters. The number of halogens is 3. The first-order chi connectivity index (χ1) is 17.2. The summed E-state index contributed by atoms with van der Waals surface area (Å²) in [5, 5.41) is 7.59. The van der Waals surface area contributed by atoms with E-state index in [4.69, 9.17) is 16.3 Å². The predicted octanol–water partition coefficient (Wildman–Crippen LogP) is 4.29. The Balaban J connectivity index is 1.38. The van der Waals surface area contributed by atoms with Crippen molar-refractivity contribution in [3.8, 4) is 17.0 Å². The lowest BCUT2D eigenvalue weighted by Gasteiger charge is -2.33. The van der Waals surface area contributed by atoms with E-state index in [0.29, 0.717) is 60.8 Å². The van der Waals surface area contributed by atoms with Crippen molar-refractivity contribution in [3.63, 3.8) is 0 Å². The van der Waals surface area contributed by atoms with Crippen LogP contribution in [0, 0.1) is 17.6 Å². The zero-order valence-electron chi connectivity index (χ0n) is 19.9. The van der Waals surface area contributed by atoms with Gasteiger partial charge in [0.05, 0.1) is 34.6 Å². The topological polar surface area (TPSA) is 76.5 Å². The molecular weight excluding hydrogens is 490 g/mol. The smallest absolute Gasteiger partial charge is 0.256 e. The number of benzene rings is 2. The highest BCUT2D eigenvalue weighted by atomic mass is 35.5. The van der Waals surface area contributed by atoms with Crippen LogP contribution in [0.1, 0.15) is 41.0 Å². The highest BCUT2D eigenvalue weighted by Gasteiger charge is 2.34. The largest absolute Gasteiger partial charge is 0.492 e. The number of fused-ring (bicyclic) bond motifs is 1. The van der Waals surface area contributed by atoms with Crippen molar-refractivity contribution in [2.24, 2.45) is 13.0 Å². The maximum Gasteiger partial charge on any atom is 0.256 e. The Hall–Kier alpha value is -3.46. The predicted molar refractivity (Wildman–Crippen MR) is 130 cm³/mol. The fourth-order valence-corrected chi connectivity index (χ4v) is 5.27. The Bertz CT molecular complexity index is 1340. The second kappa shape index (κ2) is 9.54. The van der Waals surface area contributed by atoms with Crippen molar-refractivity contribution >= 4 is 23.4 Å². The number of hydrogen-bond acceptors (Lipinski definition) is 4. The number of nitrogens with one attached hydrogen (secondary N) is 1. The molecule has 0 saturated carbocycles. The van der Waals surface area contributed by atoms with Crippen LogP contribution in [0.5, 0.6) is 5.75 Å². The molecule has 0 aliphatic carbocycles. The molecule has 5 rings (SSSR count). The fourth-order valence-electron chi connectivity index (χ4n) is 5.01. The van der Waals surface area contributed by atoms with Gasteiger partial charge in [0.25, 0.3) is 5.91 Å². The van der Waals surface area contributed by atoms with Gasteiger partial charge in [-0.15, -0.1) is 0 Å². The van der Waals surface area contributed by atoms with Crippen molar-refractivity contribution in [1.29, 1.82) is 0 Å². The molecule has 0 bridgehead atoms. The van der Waals surface area contributed by atoms with Gasteiger partial charge in [-0.2, -0.15) is 5.10 Å². The molecular formula is C26H25ClF2N4O3. The lowest BCUT2D eigenvalue weighted by Crippen LogP contribution is -2.39. The number of hydrogen-bond donors (Lipinski definition) is 1. The van der Waals surface area contributed by atoms with Crippen molar-refractivity contribution in [1.82, 2.24) is 20.0 Å². The van der Waals surface area contributed by atoms with E-state index in [9.17, 15) is 18.4 Å². The van der Waals surface area contributed by atoms with E-state index in [-0.39, 0.29) is 28.8 Å². The van der Waals surface area contributed by atoms with Crippen molar-refractivity contribution in [2.45, 2.75) is 25.8 Å². The molecule has 0 spiro atoms. The second-order valence-electron chi connectivity index (χ2n) is 9.22. The van der Waals surface area contributed by atoms with Crippen LogP contribution >= 0.6 is 11.6 Å². The normalized spacial score (nSPS) is 19.2. The minimum absolute atomic E-state index is 0.00251. The third-order valence-corrected chi connectivity index (χ3v) is 7.16. The molecule has 2 aromatic carbocycles. The molecule has 2 aliphatic rings. The number of carbonyl (C=O) groups is 2. The van der Waals surface area contributed by atoms with E-state index < -0.39 is 11.6 Å². The third-order valence-electron chi connectivity index (χ3n) is 6.77. The summed E-state index contributed by atoms with van der Waals surface area (Å²) in [5.41, 5.74) is 2.90. The van der Waals surface area contributed by atoms with Gasteiger partial charge < -0.3 is 15.0 Å². The summed E-state index contributed by atoms with van der Waals surface area (Å²) in [4.78, 5) is 26.7. The van der Waals surface area contributed by atoms with Gasteiger partial charge in [0.2, 0.25) is 5.91 Å². The van der Waals surface area contributed by atoms with E-state index in [1.165, 1.54) is 12.1 Å². The van der Waals surface area contributed by atoms with Gasteiger partial charge in [0.15, 0.2) is 0 Å². The molecule has 188 valence electrons. The van der Waals surface area contributed by atoms with Crippen LogP contribution in [0.2, 0.25) is 5.02 Å². The highest BCUT2D eigenvalue weighted by molar-refractivity contribution is 6.35. The number of nitrogens with zero attached hydrogens (tertiary/aromatic N) is 3. The summed E-state index contributed by atoms with van der Waals surface area (Å²) in [6, 6.07) is 8.09. The zero-order valence-corrected chi connectivity index (χ0v) is 20.6. The average Bonchev–Trinajstić information content (AvgIpc) is 3.40. The molecule has 1 saturated heterocycles. The standard InChI is InChI=1S/C26H25ClF2N4O3/c1-14-24-20(25(32(2)31-24)16-9-17(28)11-18(29)10-16)6-7-33(14)26(35)19-4-3-5-21(23(19)27)36-13-15-8-22(34)30-12-15/h3-5,9-11,14-15H,6-8,12-13H2,1-2H3,(H,30,34)/t14-,15?/m0/s1. The number of carbonyl (C=O) groups excluding carboxylic acids is 2. The Labute approximate surface area is 212 Å². The summed E-state index contributed by atoms with van der Waals surface area (Å²) >= 11 is 6.58. The summed E-state index contributed by atoms with van der Waals surface area (Å²) < 4.78 is 35.2. The quantitative estimate of drug-likeness (QED) is 0.551. The molecule has 7 nitrogen and oxygen atoms in total. The average molecular weight is 515 g/mol. The van der Waals surface area contributed by atoms with Crippen LogP contribution in [-0.4, -0.2) is 46.2 Å². The van der Waals surface area contributed by atoms with Crippen LogP contribution < -0.4 is 10.1 Å². The summed E-state index contributed by atoms with van der Waals surface area (Å²) in [7, 11) is 1.72. The molecule has 3 aromatic rings. The Kier molecular flexibility index (Phi) is 6.42. The second-order valence-corrected chi connectivity index (χ2v) is 9.60. The van der Waals surface area contributed by atoms with Crippen molar-refractivity contribution < 1.29 is 23.1 Å². The first kappa shape index (κ1) is 24.2. The van der Waals surface area contributed by atoms with E-state index in [0.717, 1.165) is 11.6 Å². The number of aromatic nitrogens is 2. The van der Waals surface area contributed by atoms with Gasteiger partial charge in [-0.05, 0) is 37.6 Å². The monoisotopic (exact) mass is 514 g/mol. The van der Waals surface area contributed by atoms with Gasteiger partial charge in [0.1, 0.15) is 17.4 Å². The summed E-state index contributed by atoms with van der Waals surface area (Å²) in [6.07, 6.45) is 0.876. The molecule has 2 aliphatic heterocycles. The molecule has 36 heavy (non-hydrogen) atoms. The lowest BCUT2D eigenvalue weighted by molar-refractivity contribution is -0.119. The highest BCUT2D eigenvalue weighted by Crippen LogP contribution is 2.38. The van der Waals surface area contributed by atoms with Gasteiger partial charge in [0, 0.05) is 49.7 Å². The minimum atomic E-state index is -0.659. The molecule has 2 atom stereocenters. The van der Waals surface area contributed by atoms with Crippen LogP contribution in [0.15, 0.2) is 36.4 Å². The number of amides is 2. The zero-order chi connectivity index (χ0) is 25.6. The summed E-state index contributed by atoms with van der Waals surface area (Å²) in [5.74, 6) is -1.14. The maximum atomic E-state index is 13.9. The van der Waals surface area contributed by atoms with E-state index >= 15 is 0 Å². The number of ether oxygens (including phenoxy) is 1. The first-order valence-corrected chi connectivity index (χ1v) is 12.1. The lowest BCUT2D eigenvalue weighted by atomic mass is 9.95. The molecule has 1 fully saturated rings. The molecule has 3 heterocycles. The van der Waals surface area contributed by atoms with Crippen LogP contribution in [-0.2, 0) is 18.3 Å². The molecule has 10 heteroatoms. The first-order valence-electron chi connectivity index (χ1n) is 11.7. The Morgan fingerprint density at radius 1 is 1.25 bits per heavy atom. The van der Waals surface area contributed by atoms with Gasteiger partial charge in [-0.1, -0.05) is 17.7 Å². The number of rotatable bonds is 5. The van der Waals surface area contributed by atoms with E-state index in [2.05, 4.69) is 10.4 Å². The van der Waals surface area contributed by atoms with Crippen molar-refractivity contribution in [3.05, 3.63) is 69.9 Å². The molecule has 1 N–H and O–H groups in total. The van der Waals surface area contributed by atoms with Crippen molar-refractivity contribution in [2.75, 3.05) is 19.7 Å². The van der Waals surface area contributed by atoms with E-state index in [1.54, 1.807) is 34.8 Å². The Morgan fingerprint density at radius 3 is 2.69 bits per heavy atom. The Morgan fingerprint density at radius 2 is 2.00 bits per heavy atom. The summed E-state index contributed by atoms with van der Waals surface area (Å²) in [6.45, 7) is 3.13. The van der Waals surface area contributed by atoms with Gasteiger partial charge >= 0.3 is 0 Å². The molecule has 2 amide bonds. The minimum Gasteiger partial charge on any atom is -0.492 e. The van der Waals surface area contributed by atoms with Crippen LogP contribution in [0.4, 0.5) is 8.78 Å². The van der Waals surface area contributed by atoms with E-state index in [1.807, 2.05) is 6.92 Å². The van der Waals surface area contributed by atoms with Gasteiger partial charge in [-0.25, -0.2) is 8.78 Å². The van der Waals surface area contributed by atoms with Gasteiger partial charge in [-0.3, -0.25) is 14.3 Å². The SMILES string of the molecule is C[C@H]1c2nn(C)c(-c3cc(F)cc(F)c3)c2CCN1C(=O)c1cccc(OCC2CNC(=O)C2)c1Cl. The molecule has 0 radical (unpaired) electrons. The maximum absolute atomic E-state index is 13.9. The third kappa shape index (κ3) is 4.43. The fraction of sp³-hybridized carbons (Fsp3) is 0.346. The number of aryl methyl sites for hydroxylation is 1.